The predicted octanol–water partition coefficient (Wildman–Crippen LogP) is 3.07. The fraction of sp³-hybridized carbons (Fsp3) is 0.125. The first kappa shape index (κ1) is 13.8. The van der Waals surface area contributed by atoms with E-state index in [-0.39, 0.29) is 28.4 Å². The Bertz CT molecular complexity index is 780. The average Bonchev–Trinajstić information content (AvgIpc) is 2.51. The largest absolute Gasteiger partial charge is 0.507 e. The molecule has 5 heteroatoms. The summed E-state index contributed by atoms with van der Waals surface area (Å²) >= 11 is 3.26. The zero-order chi connectivity index (χ0) is 15.1. The van der Waals surface area contributed by atoms with Gasteiger partial charge in [0.15, 0.2) is 11.6 Å². The highest BCUT2D eigenvalue weighted by Crippen LogP contribution is 2.40. The van der Waals surface area contributed by atoms with Gasteiger partial charge in [-0.05, 0) is 6.07 Å². The van der Waals surface area contributed by atoms with Crippen LogP contribution in [0.15, 0.2) is 30.3 Å². The molecule has 0 amide bonds. The van der Waals surface area contributed by atoms with Gasteiger partial charge < -0.3 is 9.84 Å². The van der Waals surface area contributed by atoms with Crippen molar-refractivity contribution in [2.45, 2.75) is 5.33 Å². The molecule has 106 valence electrons. The molecule has 21 heavy (non-hydrogen) atoms. The lowest BCUT2D eigenvalue weighted by atomic mass is 9.82. The number of phenolic OH excluding ortho intramolecular Hbond substituents is 1. The molecule has 2 aromatic rings. The molecular weight excluding hydrogens is 336 g/mol. The van der Waals surface area contributed by atoms with Crippen molar-refractivity contribution in [3.63, 3.8) is 0 Å². The van der Waals surface area contributed by atoms with Gasteiger partial charge in [0, 0.05) is 27.6 Å². The van der Waals surface area contributed by atoms with E-state index in [2.05, 4.69) is 15.9 Å². The molecule has 0 unspecified atom stereocenters. The third-order valence-corrected chi connectivity index (χ3v) is 4.17. The second-order valence-corrected chi connectivity index (χ2v) is 5.23. The lowest BCUT2D eigenvalue weighted by molar-refractivity contribution is 0.0976. The third kappa shape index (κ3) is 1.88. The Kier molecular flexibility index (Phi) is 3.29. The summed E-state index contributed by atoms with van der Waals surface area (Å²) in [6.45, 7) is 0. The topological polar surface area (TPSA) is 63.6 Å². The van der Waals surface area contributed by atoms with E-state index in [1.54, 1.807) is 24.3 Å². The number of hydrogen-bond acceptors (Lipinski definition) is 4. The van der Waals surface area contributed by atoms with E-state index >= 15 is 0 Å². The molecule has 0 fully saturated rings. The molecule has 0 radical (unpaired) electrons. The molecular formula is C16H11BrO4. The lowest BCUT2D eigenvalue weighted by Crippen LogP contribution is -2.21. The molecule has 0 spiro atoms. The van der Waals surface area contributed by atoms with Gasteiger partial charge in [-0.3, -0.25) is 9.59 Å². The van der Waals surface area contributed by atoms with Gasteiger partial charge in [0.05, 0.1) is 12.7 Å². The normalized spacial score (nSPS) is 12.9. The molecule has 0 aliphatic heterocycles. The molecule has 2 aromatic carbocycles. The number of alkyl halides is 1. The van der Waals surface area contributed by atoms with Crippen LogP contribution in [0.2, 0.25) is 0 Å². The molecule has 0 heterocycles. The van der Waals surface area contributed by atoms with Crippen molar-refractivity contribution >= 4 is 27.5 Å². The number of fused-ring (bicyclic) bond motifs is 2. The number of carbonyl (C=O) groups excluding carboxylic acids is 2. The monoisotopic (exact) mass is 346 g/mol. The Labute approximate surface area is 129 Å². The Morgan fingerprint density at radius 3 is 2.29 bits per heavy atom. The Morgan fingerprint density at radius 2 is 1.71 bits per heavy atom. The standard InChI is InChI=1S/C16H11BrO4/c1-21-12-6-10-13(16(20)11(12)7-17)15(19)9-5-3-2-4-8(9)14(10)18/h2-6,20H,7H2,1H3. The Balaban J connectivity index is 2.35. The van der Waals surface area contributed by atoms with Crippen LogP contribution in [0.25, 0.3) is 0 Å². The molecule has 4 nitrogen and oxygen atoms in total. The maximum atomic E-state index is 12.6. The second-order valence-electron chi connectivity index (χ2n) is 4.67. The fourth-order valence-corrected chi connectivity index (χ4v) is 3.11. The van der Waals surface area contributed by atoms with E-state index in [0.29, 0.717) is 27.8 Å². The molecule has 0 saturated heterocycles. The number of ketones is 2. The van der Waals surface area contributed by atoms with Crippen LogP contribution in [0.5, 0.6) is 11.5 Å². The van der Waals surface area contributed by atoms with Crippen molar-refractivity contribution in [2.75, 3.05) is 7.11 Å². The number of halogens is 1. The van der Waals surface area contributed by atoms with E-state index in [0.717, 1.165) is 0 Å². The maximum absolute atomic E-state index is 12.6. The van der Waals surface area contributed by atoms with Crippen LogP contribution in [0.4, 0.5) is 0 Å². The van der Waals surface area contributed by atoms with E-state index in [1.165, 1.54) is 13.2 Å². The molecule has 0 saturated carbocycles. The summed E-state index contributed by atoms with van der Waals surface area (Å²) in [5.41, 5.74) is 1.35. The minimum atomic E-state index is -0.345. The summed E-state index contributed by atoms with van der Waals surface area (Å²) in [4.78, 5) is 25.1. The van der Waals surface area contributed by atoms with Gasteiger partial charge in [-0.15, -0.1) is 0 Å². The minimum absolute atomic E-state index is 0.0500. The highest BCUT2D eigenvalue weighted by Gasteiger charge is 2.34. The smallest absolute Gasteiger partial charge is 0.198 e. The predicted molar refractivity (Wildman–Crippen MR) is 80.6 cm³/mol. The molecule has 3 rings (SSSR count). The van der Waals surface area contributed by atoms with E-state index < -0.39 is 0 Å². The summed E-state index contributed by atoms with van der Waals surface area (Å²) in [6.07, 6.45) is 0. The van der Waals surface area contributed by atoms with Crippen LogP contribution in [-0.2, 0) is 5.33 Å². The van der Waals surface area contributed by atoms with Crippen molar-refractivity contribution in [2.24, 2.45) is 0 Å². The van der Waals surface area contributed by atoms with Crippen LogP contribution in [0.1, 0.15) is 37.4 Å². The van der Waals surface area contributed by atoms with Crippen molar-refractivity contribution in [3.8, 4) is 11.5 Å². The first-order valence-corrected chi connectivity index (χ1v) is 7.39. The van der Waals surface area contributed by atoms with Gasteiger partial charge in [-0.1, -0.05) is 40.2 Å². The van der Waals surface area contributed by atoms with Gasteiger partial charge >= 0.3 is 0 Å². The molecule has 0 atom stereocenters. The number of methoxy groups -OCH3 is 1. The fourth-order valence-electron chi connectivity index (χ4n) is 2.56. The van der Waals surface area contributed by atoms with Crippen LogP contribution < -0.4 is 4.74 Å². The molecule has 1 N–H and O–H groups in total. The average molecular weight is 347 g/mol. The van der Waals surface area contributed by atoms with E-state index in [4.69, 9.17) is 4.74 Å². The van der Waals surface area contributed by atoms with Gasteiger partial charge in [-0.25, -0.2) is 0 Å². The molecule has 0 aromatic heterocycles. The summed E-state index contributed by atoms with van der Waals surface area (Å²) in [7, 11) is 1.45. The Hall–Kier alpha value is -2.14. The highest BCUT2D eigenvalue weighted by atomic mass is 79.9. The van der Waals surface area contributed by atoms with Gasteiger partial charge in [0.2, 0.25) is 0 Å². The Morgan fingerprint density at radius 1 is 1.10 bits per heavy atom. The van der Waals surface area contributed by atoms with Gasteiger partial charge in [-0.2, -0.15) is 0 Å². The second kappa shape index (κ2) is 5.00. The van der Waals surface area contributed by atoms with Crippen molar-refractivity contribution in [1.82, 2.24) is 0 Å². The number of carbonyl (C=O) groups is 2. The van der Waals surface area contributed by atoms with Crippen molar-refractivity contribution < 1.29 is 19.4 Å². The number of aromatic hydroxyl groups is 1. The lowest BCUT2D eigenvalue weighted by Gasteiger charge is -2.21. The molecule has 1 aliphatic carbocycles. The number of rotatable bonds is 2. The zero-order valence-electron chi connectivity index (χ0n) is 11.1. The van der Waals surface area contributed by atoms with Gasteiger partial charge in [0.1, 0.15) is 11.5 Å². The first-order chi connectivity index (χ1) is 10.1. The van der Waals surface area contributed by atoms with Crippen molar-refractivity contribution in [1.29, 1.82) is 0 Å². The minimum Gasteiger partial charge on any atom is -0.507 e. The van der Waals surface area contributed by atoms with E-state index in [9.17, 15) is 14.7 Å². The third-order valence-electron chi connectivity index (χ3n) is 3.61. The number of ether oxygens (including phenoxy) is 1. The van der Waals surface area contributed by atoms with Crippen LogP contribution in [0.3, 0.4) is 0 Å². The van der Waals surface area contributed by atoms with E-state index in [1.807, 2.05) is 0 Å². The summed E-state index contributed by atoms with van der Waals surface area (Å²) in [6, 6.07) is 8.12. The highest BCUT2D eigenvalue weighted by molar-refractivity contribution is 9.08. The molecule has 0 bridgehead atoms. The SMILES string of the molecule is COc1cc2c(c(O)c1CBr)C(=O)c1ccccc1C2=O. The quantitative estimate of drug-likeness (QED) is 0.724. The van der Waals surface area contributed by atoms with Crippen LogP contribution in [-0.4, -0.2) is 23.8 Å². The summed E-state index contributed by atoms with van der Waals surface area (Å²) < 4.78 is 5.20. The van der Waals surface area contributed by atoms with Crippen LogP contribution in [0, 0.1) is 0 Å². The number of benzene rings is 2. The maximum Gasteiger partial charge on any atom is 0.198 e. The summed E-state index contributed by atoms with van der Waals surface area (Å²) in [5, 5.41) is 10.7. The van der Waals surface area contributed by atoms with Gasteiger partial charge in [0.25, 0.3) is 0 Å². The first-order valence-electron chi connectivity index (χ1n) is 6.27. The number of phenols is 1. The molecule has 1 aliphatic rings. The van der Waals surface area contributed by atoms with Crippen LogP contribution >= 0.6 is 15.9 Å². The van der Waals surface area contributed by atoms with Crippen molar-refractivity contribution in [3.05, 3.63) is 58.1 Å². The summed E-state index contributed by atoms with van der Waals surface area (Å²) in [5.74, 6) is -0.449. The number of hydrogen-bond donors (Lipinski definition) is 1. The zero-order valence-corrected chi connectivity index (χ0v) is 12.7.